The van der Waals surface area contributed by atoms with Crippen molar-refractivity contribution in [1.29, 1.82) is 0 Å². The molecule has 0 aliphatic carbocycles. The minimum atomic E-state index is -0.494. The summed E-state index contributed by atoms with van der Waals surface area (Å²) in [7, 11) is 4.39. The first kappa shape index (κ1) is 17.5. The van der Waals surface area contributed by atoms with E-state index in [-0.39, 0.29) is 5.91 Å². The Morgan fingerprint density at radius 1 is 1.12 bits per heavy atom. The summed E-state index contributed by atoms with van der Waals surface area (Å²) >= 11 is 1.04. The van der Waals surface area contributed by atoms with Crippen molar-refractivity contribution in [1.82, 2.24) is 4.98 Å². The van der Waals surface area contributed by atoms with Crippen molar-refractivity contribution in [2.24, 2.45) is 0 Å². The molecule has 2 rings (SSSR count). The lowest BCUT2D eigenvalue weighted by atomic mass is 10.2. The summed E-state index contributed by atoms with van der Waals surface area (Å²) in [5.41, 5.74) is 0.746. The van der Waals surface area contributed by atoms with Gasteiger partial charge in [-0.05, 0) is 23.8 Å². The summed E-state index contributed by atoms with van der Waals surface area (Å²) in [5, 5.41) is 2.89. The molecule has 0 aliphatic rings. The van der Waals surface area contributed by atoms with Crippen LogP contribution < -0.4 is 14.8 Å². The van der Waals surface area contributed by atoms with E-state index >= 15 is 0 Å². The van der Waals surface area contributed by atoms with Crippen molar-refractivity contribution in [3.05, 3.63) is 40.9 Å². The van der Waals surface area contributed by atoms with E-state index in [1.165, 1.54) is 19.4 Å². The largest absolute Gasteiger partial charge is 0.497 e. The van der Waals surface area contributed by atoms with Gasteiger partial charge in [0.05, 0.1) is 27.5 Å². The van der Waals surface area contributed by atoms with E-state index in [4.69, 9.17) is 9.47 Å². The molecule has 0 fully saturated rings. The Bertz CT molecular complexity index is 747. The molecule has 0 saturated carbocycles. The summed E-state index contributed by atoms with van der Waals surface area (Å²) < 4.78 is 14.9. The molecule has 0 atom stereocenters. The Kier molecular flexibility index (Phi) is 5.91. The quantitative estimate of drug-likeness (QED) is 0.638. The van der Waals surface area contributed by atoms with Crippen LogP contribution in [0.3, 0.4) is 0 Å². The molecule has 0 bridgehead atoms. The van der Waals surface area contributed by atoms with E-state index in [1.54, 1.807) is 38.5 Å². The van der Waals surface area contributed by atoms with Gasteiger partial charge in [-0.25, -0.2) is 9.78 Å². The number of benzene rings is 1. The van der Waals surface area contributed by atoms with Gasteiger partial charge in [-0.1, -0.05) is 11.3 Å². The summed E-state index contributed by atoms with van der Waals surface area (Å²) in [4.78, 5) is 27.5. The fourth-order valence-corrected chi connectivity index (χ4v) is 2.51. The number of aromatic nitrogens is 1. The molecule has 7 nitrogen and oxygen atoms in total. The average Bonchev–Trinajstić information content (AvgIpc) is 3.07. The number of thiazole rings is 1. The summed E-state index contributed by atoms with van der Waals surface area (Å²) in [6, 6.07) is 5.28. The van der Waals surface area contributed by atoms with Crippen molar-refractivity contribution in [3.63, 3.8) is 0 Å². The summed E-state index contributed by atoms with van der Waals surface area (Å²) in [6.45, 7) is 0. The molecule has 1 N–H and O–H groups in total. The van der Waals surface area contributed by atoms with Gasteiger partial charge < -0.3 is 14.2 Å². The highest BCUT2D eigenvalue weighted by Gasteiger charge is 2.11. The monoisotopic (exact) mass is 348 g/mol. The van der Waals surface area contributed by atoms with Crippen molar-refractivity contribution >= 4 is 34.4 Å². The fraction of sp³-hybridized carbons (Fsp3) is 0.188. The topological polar surface area (TPSA) is 86.8 Å². The van der Waals surface area contributed by atoms with E-state index in [9.17, 15) is 9.59 Å². The number of nitrogens with zero attached hydrogens (tertiary/aromatic N) is 1. The number of anilines is 1. The highest BCUT2D eigenvalue weighted by atomic mass is 32.1. The molecular formula is C16H16N2O5S. The zero-order valence-corrected chi connectivity index (χ0v) is 14.2. The van der Waals surface area contributed by atoms with E-state index in [2.05, 4.69) is 15.0 Å². The molecule has 126 valence electrons. The lowest BCUT2D eigenvalue weighted by molar-refractivity contribution is -0.111. The molecule has 24 heavy (non-hydrogen) atoms. The summed E-state index contributed by atoms with van der Waals surface area (Å²) in [6.07, 6.45) is 4.32. The van der Waals surface area contributed by atoms with Gasteiger partial charge in [-0.15, -0.1) is 0 Å². The first-order chi connectivity index (χ1) is 11.5. The summed E-state index contributed by atoms with van der Waals surface area (Å²) in [5.74, 6) is 0.378. The Labute approximate surface area is 142 Å². The van der Waals surface area contributed by atoms with Crippen LogP contribution in [0.25, 0.3) is 6.08 Å². The zero-order valence-electron chi connectivity index (χ0n) is 13.4. The zero-order chi connectivity index (χ0) is 17.5. The first-order valence-electron chi connectivity index (χ1n) is 6.82. The Hall–Kier alpha value is -2.87. The van der Waals surface area contributed by atoms with Gasteiger partial charge >= 0.3 is 5.97 Å². The highest BCUT2D eigenvalue weighted by molar-refractivity contribution is 7.17. The third kappa shape index (κ3) is 4.56. The Morgan fingerprint density at radius 2 is 1.79 bits per heavy atom. The van der Waals surface area contributed by atoms with Crippen molar-refractivity contribution < 1.29 is 23.8 Å². The lowest BCUT2D eigenvalue weighted by Gasteiger charge is -2.05. The van der Waals surface area contributed by atoms with Crippen LogP contribution in [0.1, 0.15) is 15.2 Å². The molecule has 0 aliphatic heterocycles. The number of hydrogen-bond donors (Lipinski definition) is 1. The van der Waals surface area contributed by atoms with E-state index in [0.717, 1.165) is 16.9 Å². The maximum atomic E-state index is 11.9. The van der Waals surface area contributed by atoms with E-state index < -0.39 is 5.97 Å². The number of carbonyl (C=O) groups is 2. The number of carbonyl (C=O) groups excluding carboxylic acids is 2. The van der Waals surface area contributed by atoms with Crippen LogP contribution in [0.4, 0.5) is 5.13 Å². The number of hydrogen-bond acceptors (Lipinski definition) is 7. The fourth-order valence-electron chi connectivity index (χ4n) is 1.77. The van der Waals surface area contributed by atoms with Gasteiger partial charge in [0.15, 0.2) is 5.13 Å². The molecule has 0 radical (unpaired) electrons. The minimum Gasteiger partial charge on any atom is -0.497 e. The second-order valence-corrected chi connectivity index (χ2v) is 5.52. The molecular weight excluding hydrogens is 332 g/mol. The maximum Gasteiger partial charge on any atom is 0.349 e. The number of ether oxygens (including phenoxy) is 3. The van der Waals surface area contributed by atoms with Crippen LogP contribution in [0.2, 0.25) is 0 Å². The molecule has 8 heteroatoms. The van der Waals surface area contributed by atoms with Crippen LogP contribution in [0, 0.1) is 0 Å². The molecule has 0 spiro atoms. The van der Waals surface area contributed by atoms with Crippen molar-refractivity contribution in [2.45, 2.75) is 0 Å². The van der Waals surface area contributed by atoms with E-state index in [1.807, 2.05) is 0 Å². The van der Waals surface area contributed by atoms with Gasteiger partial charge in [0.25, 0.3) is 0 Å². The standard InChI is InChI=1S/C16H16N2O5S/c1-21-11-6-10(7-12(8-11)22-2)4-5-14(19)18-16-17-9-13(24-16)15(20)23-3/h4-9H,1-3H3,(H,17,18,19)/b5-4+. The van der Waals surface area contributed by atoms with Crippen LogP contribution in [-0.4, -0.2) is 38.2 Å². The number of rotatable bonds is 6. The second-order valence-electron chi connectivity index (χ2n) is 4.49. The Morgan fingerprint density at radius 3 is 2.38 bits per heavy atom. The number of amides is 1. The van der Waals surface area contributed by atoms with Crippen LogP contribution in [-0.2, 0) is 9.53 Å². The smallest absolute Gasteiger partial charge is 0.349 e. The molecule has 2 aromatic rings. The number of nitrogens with one attached hydrogen (secondary N) is 1. The predicted molar refractivity (Wildman–Crippen MR) is 90.7 cm³/mol. The molecule has 1 aromatic carbocycles. The van der Waals surface area contributed by atoms with Gasteiger partial charge in [0, 0.05) is 12.1 Å². The van der Waals surface area contributed by atoms with Crippen molar-refractivity contribution in [2.75, 3.05) is 26.6 Å². The molecule has 0 saturated heterocycles. The molecule has 1 heterocycles. The maximum absolute atomic E-state index is 11.9. The van der Waals surface area contributed by atoms with Crippen LogP contribution >= 0.6 is 11.3 Å². The number of esters is 1. The SMILES string of the molecule is COC(=O)c1cnc(NC(=O)/C=C/c2cc(OC)cc(OC)c2)s1. The molecule has 1 aromatic heterocycles. The highest BCUT2D eigenvalue weighted by Crippen LogP contribution is 2.23. The first-order valence-corrected chi connectivity index (χ1v) is 7.63. The number of methoxy groups -OCH3 is 3. The third-order valence-corrected chi connectivity index (χ3v) is 3.82. The average molecular weight is 348 g/mol. The second kappa shape index (κ2) is 8.11. The minimum absolute atomic E-state index is 0.313. The van der Waals surface area contributed by atoms with Crippen molar-refractivity contribution in [3.8, 4) is 11.5 Å². The van der Waals surface area contributed by atoms with E-state index in [0.29, 0.717) is 21.5 Å². The van der Waals surface area contributed by atoms with Crippen LogP contribution in [0.5, 0.6) is 11.5 Å². The normalized spacial score (nSPS) is 10.5. The van der Waals surface area contributed by atoms with Crippen LogP contribution in [0.15, 0.2) is 30.5 Å². The Balaban J connectivity index is 2.05. The lowest BCUT2D eigenvalue weighted by Crippen LogP contribution is -2.07. The van der Waals surface area contributed by atoms with Gasteiger partial charge in [-0.3, -0.25) is 10.1 Å². The molecule has 1 amide bonds. The van der Waals surface area contributed by atoms with Gasteiger partial charge in [0.2, 0.25) is 5.91 Å². The molecule has 0 unspecified atom stereocenters. The van der Waals surface area contributed by atoms with Gasteiger partial charge in [0.1, 0.15) is 16.4 Å². The van der Waals surface area contributed by atoms with Gasteiger partial charge in [-0.2, -0.15) is 0 Å². The third-order valence-electron chi connectivity index (χ3n) is 2.92. The predicted octanol–water partition coefficient (Wildman–Crippen LogP) is 2.60.